The molecular formula is C19H21ClN2O2. The van der Waals surface area contributed by atoms with Gasteiger partial charge in [-0.25, -0.2) is 0 Å². The van der Waals surface area contributed by atoms with E-state index >= 15 is 0 Å². The summed E-state index contributed by atoms with van der Waals surface area (Å²) >= 11 is 6.06. The Kier molecular flexibility index (Phi) is 5.99. The van der Waals surface area contributed by atoms with E-state index in [4.69, 9.17) is 11.6 Å². The lowest BCUT2D eigenvalue weighted by Gasteiger charge is -2.11. The molecule has 0 radical (unpaired) electrons. The van der Waals surface area contributed by atoms with E-state index in [1.54, 1.807) is 36.4 Å². The van der Waals surface area contributed by atoms with E-state index < -0.39 is 0 Å². The van der Waals surface area contributed by atoms with E-state index in [-0.39, 0.29) is 17.9 Å². The van der Waals surface area contributed by atoms with Crippen molar-refractivity contribution in [3.8, 4) is 0 Å². The summed E-state index contributed by atoms with van der Waals surface area (Å²) < 4.78 is 0. The molecule has 5 heteroatoms. The second-order valence-corrected chi connectivity index (χ2v) is 6.19. The first-order valence-electron chi connectivity index (χ1n) is 7.89. The molecule has 2 rings (SSSR count). The van der Waals surface area contributed by atoms with Crippen LogP contribution in [-0.4, -0.2) is 17.9 Å². The molecule has 2 N–H and O–H groups in total. The van der Waals surface area contributed by atoms with Gasteiger partial charge in [0.15, 0.2) is 0 Å². The standard InChI is InChI=1S/C19H21ClN2O2/c1-4-13(3)21-18(23)14-6-8-15(9-7-14)19(24)22-16-10-5-12(2)17(20)11-16/h5-11,13H,4H2,1-3H3,(H,21,23)(H,22,24). The van der Waals surface area contributed by atoms with Crippen LogP contribution in [-0.2, 0) is 0 Å². The summed E-state index contributed by atoms with van der Waals surface area (Å²) in [6, 6.07) is 12.0. The molecule has 0 heterocycles. The molecule has 4 nitrogen and oxygen atoms in total. The Balaban J connectivity index is 2.05. The number of rotatable bonds is 5. The van der Waals surface area contributed by atoms with E-state index in [9.17, 15) is 9.59 Å². The molecule has 0 bridgehead atoms. The van der Waals surface area contributed by atoms with Gasteiger partial charge in [0.2, 0.25) is 0 Å². The summed E-state index contributed by atoms with van der Waals surface area (Å²) in [5.74, 6) is -0.384. The Morgan fingerprint density at radius 2 is 1.62 bits per heavy atom. The number of aryl methyl sites for hydroxylation is 1. The van der Waals surface area contributed by atoms with E-state index in [1.165, 1.54) is 0 Å². The van der Waals surface area contributed by atoms with Gasteiger partial charge >= 0.3 is 0 Å². The maximum Gasteiger partial charge on any atom is 0.255 e. The Bertz CT molecular complexity index is 742. The zero-order valence-corrected chi connectivity index (χ0v) is 14.8. The highest BCUT2D eigenvalue weighted by atomic mass is 35.5. The van der Waals surface area contributed by atoms with Crippen molar-refractivity contribution in [2.75, 3.05) is 5.32 Å². The molecule has 2 aromatic rings. The van der Waals surface area contributed by atoms with Crippen LogP contribution in [0.3, 0.4) is 0 Å². The number of hydrogen-bond donors (Lipinski definition) is 2. The fraction of sp³-hybridized carbons (Fsp3) is 0.263. The zero-order chi connectivity index (χ0) is 17.7. The van der Waals surface area contributed by atoms with Crippen LogP contribution >= 0.6 is 11.6 Å². The van der Waals surface area contributed by atoms with Crippen molar-refractivity contribution in [1.29, 1.82) is 0 Å². The van der Waals surface area contributed by atoms with Crippen LogP contribution in [0.15, 0.2) is 42.5 Å². The lowest BCUT2D eigenvalue weighted by atomic mass is 10.1. The van der Waals surface area contributed by atoms with Gasteiger partial charge in [-0.3, -0.25) is 9.59 Å². The minimum atomic E-state index is -0.246. The summed E-state index contributed by atoms with van der Waals surface area (Å²) in [5, 5.41) is 6.29. The van der Waals surface area contributed by atoms with Gasteiger partial charge in [0.05, 0.1) is 0 Å². The van der Waals surface area contributed by atoms with Crippen molar-refractivity contribution < 1.29 is 9.59 Å². The fourth-order valence-corrected chi connectivity index (χ4v) is 2.24. The summed E-state index contributed by atoms with van der Waals surface area (Å²) in [4.78, 5) is 24.3. The van der Waals surface area contributed by atoms with Crippen molar-refractivity contribution in [3.63, 3.8) is 0 Å². The highest BCUT2D eigenvalue weighted by molar-refractivity contribution is 6.31. The van der Waals surface area contributed by atoms with Gasteiger partial charge in [0.1, 0.15) is 0 Å². The summed E-state index contributed by atoms with van der Waals surface area (Å²) in [7, 11) is 0. The SMILES string of the molecule is CCC(C)NC(=O)c1ccc(C(=O)Nc2ccc(C)c(Cl)c2)cc1. The van der Waals surface area contributed by atoms with Crippen LogP contribution in [0.2, 0.25) is 5.02 Å². The molecule has 0 saturated heterocycles. The van der Waals surface area contributed by atoms with E-state index in [0.717, 1.165) is 12.0 Å². The van der Waals surface area contributed by atoms with Gasteiger partial charge in [-0.05, 0) is 62.2 Å². The predicted octanol–water partition coefficient (Wildman–Crippen LogP) is 4.43. The maximum atomic E-state index is 12.3. The molecule has 0 aliphatic rings. The van der Waals surface area contributed by atoms with Gasteiger partial charge in [-0.1, -0.05) is 24.6 Å². The van der Waals surface area contributed by atoms with Crippen LogP contribution in [0.25, 0.3) is 0 Å². The molecule has 0 spiro atoms. The van der Waals surface area contributed by atoms with E-state index in [0.29, 0.717) is 21.8 Å². The zero-order valence-electron chi connectivity index (χ0n) is 14.0. The molecule has 0 aromatic heterocycles. The van der Waals surface area contributed by atoms with Crippen LogP contribution in [0.4, 0.5) is 5.69 Å². The van der Waals surface area contributed by atoms with Gasteiger partial charge < -0.3 is 10.6 Å². The average Bonchev–Trinajstić information content (AvgIpc) is 2.58. The number of amides is 2. The summed E-state index contributed by atoms with van der Waals surface area (Å²) in [5.41, 5.74) is 2.59. The van der Waals surface area contributed by atoms with E-state index in [2.05, 4.69) is 10.6 Å². The maximum absolute atomic E-state index is 12.3. The number of carbonyl (C=O) groups excluding carboxylic acids is 2. The second kappa shape index (κ2) is 7.97. The first kappa shape index (κ1) is 18.0. The quantitative estimate of drug-likeness (QED) is 0.843. The largest absolute Gasteiger partial charge is 0.350 e. The molecule has 0 fully saturated rings. The number of halogens is 1. The number of benzene rings is 2. The number of hydrogen-bond acceptors (Lipinski definition) is 2. The van der Waals surface area contributed by atoms with E-state index in [1.807, 2.05) is 26.8 Å². The molecule has 1 unspecified atom stereocenters. The minimum Gasteiger partial charge on any atom is -0.350 e. The Hall–Kier alpha value is -2.33. The molecule has 0 saturated carbocycles. The lowest BCUT2D eigenvalue weighted by molar-refractivity contribution is 0.0937. The fourth-order valence-electron chi connectivity index (χ4n) is 2.06. The molecule has 1 atom stereocenters. The summed E-state index contributed by atoms with van der Waals surface area (Å²) in [6.45, 7) is 5.86. The van der Waals surface area contributed by atoms with Crippen molar-refractivity contribution >= 4 is 29.1 Å². The van der Waals surface area contributed by atoms with Gasteiger partial charge in [-0.15, -0.1) is 0 Å². The molecule has 0 aliphatic heterocycles. The lowest BCUT2D eigenvalue weighted by Crippen LogP contribution is -2.31. The molecular weight excluding hydrogens is 324 g/mol. The average molecular weight is 345 g/mol. The normalized spacial score (nSPS) is 11.7. The van der Waals surface area contributed by atoms with Gasteiger partial charge in [-0.2, -0.15) is 0 Å². The van der Waals surface area contributed by atoms with Crippen molar-refractivity contribution in [2.45, 2.75) is 33.2 Å². The van der Waals surface area contributed by atoms with Crippen molar-refractivity contribution in [2.24, 2.45) is 0 Å². The summed E-state index contributed by atoms with van der Waals surface area (Å²) in [6.07, 6.45) is 0.866. The monoisotopic (exact) mass is 344 g/mol. The minimum absolute atomic E-state index is 0.117. The predicted molar refractivity (Wildman–Crippen MR) is 97.8 cm³/mol. The Labute approximate surface area is 147 Å². The number of nitrogens with one attached hydrogen (secondary N) is 2. The number of anilines is 1. The third-order valence-corrected chi connectivity index (χ3v) is 4.24. The third kappa shape index (κ3) is 4.59. The second-order valence-electron chi connectivity index (χ2n) is 5.78. The first-order chi connectivity index (χ1) is 11.4. The molecule has 126 valence electrons. The Morgan fingerprint density at radius 3 is 2.17 bits per heavy atom. The number of carbonyl (C=O) groups is 2. The highest BCUT2D eigenvalue weighted by Crippen LogP contribution is 2.20. The van der Waals surface area contributed by atoms with Crippen molar-refractivity contribution in [1.82, 2.24) is 5.32 Å². The van der Waals surface area contributed by atoms with Gasteiger partial charge in [0.25, 0.3) is 11.8 Å². The smallest absolute Gasteiger partial charge is 0.255 e. The Morgan fingerprint density at radius 1 is 1.04 bits per heavy atom. The van der Waals surface area contributed by atoms with Crippen LogP contribution < -0.4 is 10.6 Å². The molecule has 2 aromatic carbocycles. The molecule has 2 amide bonds. The van der Waals surface area contributed by atoms with Crippen LogP contribution in [0.5, 0.6) is 0 Å². The van der Waals surface area contributed by atoms with Crippen molar-refractivity contribution in [3.05, 3.63) is 64.2 Å². The third-order valence-electron chi connectivity index (χ3n) is 3.83. The first-order valence-corrected chi connectivity index (χ1v) is 8.27. The van der Waals surface area contributed by atoms with Crippen LogP contribution in [0.1, 0.15) is 46.5 Å². The topological polar surface area (TPSA) is 58.2 Å². The molecule has 24 heavy (non-hydrogen) atoms. The van der Waals surface area contributed by atoms with Crippen LogP contribution in [0, 0.1) is 6.92 Å². The van der Waals surface area contributed by atoms with Gasteiger partial charge in [0, 0.05) is 27.9 Å². The molecule has 0 aliphatic carbocycles. The highest BCUT2D eigenvalue weighted by Gasteiger charge is 2.11.